The van der Waals surface area contributed by atoms with E-state index < -0.39 is 11.5 Å². The maximum Gasteiger partial charge on any atom is 0.270 e. The monoisotopic (exact) mass is 351 g/mol. The number of nitrogens with one attached hydrogen (secondary N) is 1. The number of hydrogen-bond acceptors (Lipinski definition) is 4. The van der Waals surface area contributed by atoms with Gasteiger partial charge in [-0.3, -0.25) is 14.0 Å². The number of fused-ring (bicyclic) bond motifs is 1. The molecular formula is C20H21N3O3. The molecular weight excluding hydrogens is 330 g/mol. The number of aryl methyl sites for hydroxylation is 1. The van der Waals surface area contributed by atoms with Gasteiger partial charge >= 0.3 is 0 Å². The molecule has 2 aromatic heterocycles. The first-order valence-corrected chi connectivity index (χ1v) is 8.30. The smallest absolute Gasteiger partial charge is 0.270 e. The molecule has 0 spiro atoms. The fourth-order valence-electron chi connectivity index (χ4n) is 2.63. The SMILES string of the molecule is Cc1ccc2ncc(C(=O)Nc3cc(C(C)(C)C)ccc3O)c(=O)n2c1. The van der Waals surface area contributed by atoms with E-state index in [4.69, 9.17) is 0 Å². The highest BCUT2D eigenvalue weighted by Crippen LogP contribution is 2.30. The van der Waals surface area contributed by atoms with Crippen LogP contribution in [0.1, 0.15) is 42.3 Å². The minimum atomic E-state index is -0.611. The first-order chi connectivity index (χ1) is 12.2. The molecule has 1 amide bonds. The molecule has 0 aliphatic heterocycles. The van der Waals surface area contributed by atoms with E-state index in [1.165, 1.54) is 16.7 Å². The zero-order valence-electron chi connectivity index (χ0n) is 15.2. The molecule has 0 unspecified atom stereocenters. The summed E-state index contributed by atoms with van der Waals surface area (Å²) in [6, 6.07) is 8.61. The molecule has 6 nitrogen and oxygen atoms in total. The van der Waals surface area contributed by atoms with Crippen molar-refractivity contribution < 1.29 is 9.90 Å². The van der Waals surface area contributed by atoms with Gasteiger partial charge in [0.15, 0.2) is 0 Å². The number of hydrogen-bond donors (Lipinski definition) is 2. The highest BCUT2D eigenvalue weighted by atomic mass is 16.3. The van der Waals surface area contributed by atoms with Crippen molar-refractivity contribution >= 4 is 17.2 Å². The number of carbonyl (C=O) groups excluding carboxylic acids is 1. The Bertz CT molecular complexity index is 1060. The molecule has 0 fully saturated rings. The van der Waals surface area contributed by atoms with Gasteiger partial charge in [-0.25, -0.2) is 4.98 Å². The second-order valence-corrected chi connectivity index (χ2v) is 7.35. The van der Waals surface area contributed by atoms with Gasteiger partial charge in [0.1, 0.15) is 17.0 Å². The third-order valence-corrected chi connectivity index (χ3v) is 4.21. The van der Waals surface area contributed by atoms with Crippen LogP contribution in [0.3, 0.4) is 0 Å². The average Bonchev–Trinajstić information content (AvgIpc) is 2.56. The molecule has 26 heavy (non-hydrogen) atoms. The van der Waals surface area contributed by atoms with E-state index in [-0.39, 0.29) is 22.4 Å². The van der Waals surface area contributed by atoms with Crippen LogP contribution >= 0.6 is 0 Å². The van der Waals surface area contributed by atoms with Crippen molar-refractivity contribution in [1.29, 1.82) is 0 Å². The van der Waals surface area contributed by atoms with E-state index in [2.05, 4.69) is 10.3 Å². The molecule has 6 heteroatoms. The van der Waals surface area contributed by atoms with Crippen LogP contribution < -0.4 is 10.9 Å². The number of nitrogens with zero attached hydrogens (tertiary/aromatic N) is 2. The van der Waals surface area contributed by atoms with Crippen molar-refractivity contribution in [1.82, 2.24) is 9.38 Å². The molecule has 0 aliphatic carbocycles. The Hall–Kier alpha value is -3.15. The third-order valence-electron chi connectivity index (χ3n) is 4.21. The molecule has 2 heterocycles. The van der Waals surface area contributed by atoms with Gasteiger partial charge in [-0.2, -0.15) is 0 Å². The number of pyridine rings is 1. The summed E-state index contributed by atoms with van der Waals surface area (Å²) < 4.78 is 1.34. The number of carbonyl (C=O) groups is 1. The second-order valence-electron chi connectivity index (χ2n) is 7.35. The van der Waals surface area contributed by atoms with E-state index in [1.807, 2.05) is 33.8 Å². The van der Waals surface area contributed by atoms with E-state index in [0.717, 1.165) is 11.1 Å². The molecule has 3 rings (SSSR count). The average molecular weight is 351 g/mol. The molecule has 0 bridgehead atoms. The maximum atomic E-state index is 12.6. The van der Waals surface area contributed by atoms with E-state index >= 15 is 0 Å². The second kappa shape index (κ2) is 6.29. The molecule has 1 aromatic carbocycles. The molecule has 134 valence electrons. The number of anilines is 1. The summed E-state index contributed by atoms with van der Waals surface area (Å²) in [4.78, 5) is 29.4. The van der Waals surface area contributed by atoms with Crippen molar-refractivity contribution in [3.63, 3.8) is 0 Å². The minimum Gasteiger partial charge on any atom is -0.506 e. The number of benzene rings is 1. The number of aromatic nitrogens is 2. The van der Waals surface area contributed by atoms with Crippen LogP contribution in [0.15, 0.2) is 47.5 Å². The number of phenols is 1. The molecule has 0 aliphatic rings. The summed E-state index contributed by atoms with van der Waals surface area (Å²) in [6.45, 7) is 7.96. The molecule has 3 aromatic rings. The largest absolute Gasteiger partial charge is 0.506 e. The topological polar surface area (TPSA) is 83.7 Å². The van der Waals surface area contributed by atoms with Crippen LogP contribution in [0, 0.1) is 6.92 Å². The Balaban J connectivity index is 2.00. The van der Waals surface area contributed by atoms with Crippen LogP contribution in [0.5, 0.6) is 5.75 Å². The fourth-order valence-corrected chi connectivity index (χ4v) is 2.63. The van der Waals surface area contributed by atoms with Gasteiger partial charge in [-0.05, 0) is 41.7 Å². The summed E-state index contributed by atoms with van der Waals surface area (Å²) >= 11 is 0. The quantitative estimate of drug-likeness (QED) is 0.694. The predicted octanol–water partition coefficient (Wildman–Crippen LogP) is 3.26. The van der Waals surface area contributed by atoms with Crippen molar-refractivity contribution in [2.24, 2.45) is 0 Å². The highest BCUT2D eigenvalue weighted by Gasteiger charge is 2.18. The maximum absolute atomic E-state index is 12.6. The minimum absolute atomic E-state index is 0.0592. The normalized spacial score (nSPS) is 11.5. The van der Waals surface area contributed by atoms with Crippen LogP contribution in [0.4, 0.5) is 5.69 Å². The Morgan fingerprint density at radius 3 is 2.62 bits per heavy atom. The van der Waals surface area contributed by atoms with Crippen LogP contribution in [0.2, 0.25) is 0 Å². The molecule has 0 atom stereocenters. The van der Waals surface area contributed by atoms with Crippen LogP contribution in [-0.4, -0.2) is 20.4 Å². The first kappa shape index (κ1) is 17.7. The summed E-state index contributed by atoms with van der Waals surface area (Å²) in [5, 5.41) is 12.7. The van der Waals surface area contributed by atoms with Gasteiger partial charge in [0, 0.05) is 12.4 Å². The lowest BCUT2D eigenvalue weighted by Crippen LogP contribution is -2.27. The van der Waals surface area contributed by atoms with E-state index in [9.17, 15) is 14.7 Å². The van der Waals surface area contributed by atoms with E-state index in [1.54, 1.807) is 24.4 Å². The number of phenolic OH excluding ortho intramolecular Hbond substituents is 1. The first-order valence-electron chi connectivity index (χ1n) is 8.30. The number of aromatic hydroxyl groups is 1. The lowest BCUT2D eigenvalue weighted by atomic mass is 9.87. The van der Waals surface area contributed by atoms with Crippen LogP contribution in [0.25, 0.3) is 5.65 Å². The lowest BCUT2D eigenvalue weighted by molar-refractivity contribution is 0.102. The lowest BCUT2D eigenvalue weighted by Gasteiger charge is -2.20. The van der Waals surface area contributed by atoms with E-state index in [0.29, 0.717) is 5.65 Å². The Morgan fingerprint density at radius 1 is 1.19 bits per heavy atom. The third kappa shape index (κ3) is 3.31. The van der Waals surface area contributed by atoms with Gasteiger partial charge in [-0.15, -0.1) is 0 Å². The summed E-state index contributed by atoms with van der Waals surface area (Å²) in [5.41, 5.74) is 1.88. The van der Waals surface area contributed by atoms with Crippen LogP contribution in [-0.2, 0) is 5.41 Å². The Kier molecular flexibility index (Phi) is 4.28. The Labute approximate surface area is 151 Å². The van der Waals surface area contributed by atoms with Gasteiger partial charge < -0.3 is 10.4 Å². The summed E-state index contributed by atoms with van der Waals surface area (Å²) in [6.07, 6.45) is 2.89. The van der Waals surface area contributed by atoms with Gasteiger partial charge in [0.05, 0.1) is 5.69 Å². The van der Waals surface area contributed by atoms with Crippen molar-refractivity contribution in [3.8, 4) is 5.75 Å². The number of amides is 1. The van der Waals surface area contributed by atoms with Crippen molar-refractivity contribution in [2.75, 3.05) is 5.32 Å². The predicted molar refractivity (Wildman–Crippen MR) is 101 cm³/mol. The molecule has 0 radical (unpaired) electrons. The van der Waals surface area contributed by atoms with Crippen molar-refractivity contribution in [3.05, 3.63) is 69.8 Å². The fraction of sp³-hybridized carbons (Fsp3) is 0.250. The molecule has 0 saturated carbocycles. The summed E-state index contributed by atoms with van der Waals surface area (Å²) in [5.74, 6) is -0.671. The number of rotatable bonds is 2. The van der Waals surface area contributed by atoms with Crippen molar-refractivity contribution in [2.45, 2.75) is 33.1 Å². The zero-order chi connectivity index (χ0) is 19.1. The standard InChI is InChI=1S/C20H21N3O3/c1-12-5-8-17-21-10-14(19(26)23(17)11-12)18(25)22-15-9-13(20(2,3)4)6-7-16(15)24/h5-11,24H,1-4H3,(H,22,25). The summed E-state index contributed by atoms with van der Waals surface area (Å²) in [7, 11) is 0. The van der Waals surface area contributed by atoms with Gasteiger partial charge in [-0.1, -0.05) is 32.9 Å². The molecule has 0 saturated heterocycles. The zero-order valence-corrected chi connectivity index (χ0v) is 15.2. The van der Waals surface area contributed by atoms with Gasteiger partial charge in [0.2, 0.25) is 0 Å². The van der Waals surface area contributed by atoms with Gasteiger partial charge in [0.25, 0.3) is 11.5 Å². The molecule has 2 N–H and O–H groups in total. The highest BCUT2D eigenvalue weighted by molar-refractivity contribution is 6.04. The Morgan fingerprint density at radius 2 is 1.92 bits per heavy atom.